The molecule has 0 amide bonds. The summed E-state index contributed by atoms with van der Waals surface area (Å²) in [5, 5.41) is 9.78. The van der Waals surface area contributed by atoms with Crippen molar-refractivity contribution in [2.24, 2.45) is 0 Å². The van der Waals surface area contributed by atoms with E-state index in [1.54, 1.807) is 31.2 Å². The molecule has 0 radical (unpaired) electrons. The summed E-state index contributed by atoms with van der Waals surface area (Å²) in [6.45, 7) is 1.83. The number of fused-ring (bicyclic) bond motifs is 1. The summed E-state index contributed by atoms with van der Waals surface area (Å²) < 4.78 is 55.9. The van der Waals surface area contributed by atoms with E-state index in [2.05, 4.69) is 0 Å². The van der Waals surface area contributed by atoms with E-state index < -0.39 is 30.3 Å². The second kappa shape index (κ2) is 9.85. The van der Waals surface area contributed by atoms with Crippen LogP contribution in [0.25, 0.3) is 10.9 Å². The molecule has 1 unspecified atom stereocenters. The molecular weight excluding hydrogens is 477 g/mol. The van der Waals surface area contributed by atoms with Crippen LogP contribution >= 0.6 is 0 Å². The Balaban J connectivity index is 1.89. The summed E-state index contributed by atoms with van der Waals surface area (Å²) in [6.07, 6.45) is -2.87. The lowest BCUT2D eigenvalue weighted by Crippen LogP contribution is -2.43. The largest absolute Gasteiger partial charge is 0.496 e. The van der Waals surface area contributed by atoms with E-state index in [-0.39, 0.29) is 28.8 Å². The molecule has 0 bridgehead atoms. The van der Waals surface area contributed by atoms with E-state index >= 15 is 0 Å². The number of likely N-dealkylation sites (tertiary alicyclic amines) is 1. The normalized spacial score (nSPS) is 17.7. The van der Waals surface area contributed by atoms with Gasteiger partial charge in [-0.15, -0.1) is 0 Å². The number of nitrogens with zero attached hydrogens (tertiary/aromatic N) is 2. The number of carbonyl (C=O) groups excluding carboxylic acids is 1. The molecule has 3 aromatic rings. The molecule has 36 heavy (non-hydrogen) atoms. The minimum absolute atomic E-state index is 0.0517. The zero-order valence-electron chi connectivity index (χ0n) is 20.1. The number of methoxy groups -OCH3 is 2. The number of hydrogen-bond donors (Lipinski definition) is 1. The lowest BCUT2D eigenvalue weighted by atomic mass is 9.89. The molecule has 1 N–H and O–H groups in total. The summed E-state index contributed by atoms with van der Waals surface area (Å²) in [4.78, 5) is 25.0. The number of ether oxygens (including phenoxy) is 2. The van der Waals surface area contributed by atoms with E-state index in [0.29, 0.717) is 29.5 Å². The molecule has 192 valence electrons. The molecule has 1 saturated heterocycles. The van der Waals surface area contributed by atoms with Gasteiger partial charge in [-0.2, -0.15) is 13.2 Å². The second-order valence-electron chi connectivity index (χ2n) is 8.85. The van der Waals surface area contributed by atoms with E-state index in [1.807, 2.05) is 0 Å². The van der Waals surface area contributed by atoms with Crippen LogP contribution in [0.15, 0.2) is 42.6 Å². The molecule has 10 heteroatoms. The van der Waals surface area contributed by atoms with Crippen LogP contribution in [0.1, 0.15) is 58.4 Å². The highest BCUT2D eigenvalue weighted by Crippen LogP contribution is 2.50. The third-order valence-electron chi connectivity index (χ3n) is 6.76. The Morgan fingerprint density at radius 2 is 1.81 bits per heavy atom. The number of halogens is 3. The Bertz CT molecular complexity index is 1280. The average Bonchev–Trinajstić information content (AvgIpc) is 3.31. The monoisotopic (exact) mass is 504 g/mol. The first-order chi connectivity index (χ1) is 17.1. The lowest BCUT2D eigenvalue weighted by molar-refractivity contribution is -0.196. The molecule has 1 aliphatic heterocycles. The second-order valence-corrected chi connectivity index (χ2v) is 8.85. The summed E-state index contributed by atoms with van der Waals surface area (Å²) in [5.41, 5.74) is 1.55. The molecule has 1 aromatic heterocycles. The van der Waals surface area contributed by atoms with Crippen LogP contribution in [0.2, 0.25) is 0 Å². The van der Waals surface area contributed by atoms with Crippen LogP contribution in [0.5, 0.6) is 5.75 Å². The Morgan fingerprint density at radius 1 is 1.11 bits per heavy atom. The molecule has 1 aliphatic rings. The summed E-state index contributed by atoms with van der Waals surface area (Å²) >= 11 is 0. The quantitative estimate of drug-likeness (QED) is 0.423. The van der Waals surface area contributed by atoms with E-state index in [0.717, 1.165) is 11.0 Å². The van der Waals surface area contributed by atoms with Gasteiger partial charge in [0.2, 0.25) is 0 Å². The third kappa shape index (κ3) is 4.53. The van der Waals surface area contributed by atoms with E-state index in [4.69, 9.17) is 9.47 Å². The van der Waals surface area contributed by atoms with Gasteiger partial charge in [-0.25, -0.2) is 9.59 Å². The first kappa shape index (κ1) is 25.6. The summed E-state index contributed by atoms with van der Waals surface area (Å²) in [7, 11) is 2.57. The van der Waals surface area contributed by atoms with E-state index in [9.17, 15) is 27.9 Å². The molecular formula is C26H27F3N2O5. The fourth-order valence-electron chi connectivity index (χ4n) is 5.24. The van der Waals surface area contributed by atoms with Crippen molar-refractivity contribution < 1.29 is 37.3 Å². The SMILES string of the molecule is COC(=O)c1ccc([C@@H]2CCCCN2C(c2c(OC)cc(C)c3c2ccn3C(=O)O)C(F)(F)F)cc1. The third-order valence-corrected chi connectivity index (χ3v) is 6.76. The zero-order chi connectivity index (χ0) is 26.2. The molecule has 1 fully saturated rings. The van der Waals surface area contributed by atoms with Gasteiger partial charge in [0.15, 0.2) is 0 Å². The molecule has 0 spiro atoms. The van der Waals surface area contributed by atoms with Gasteiger partial charge in [-0.3, -0.25) is 9.47 Å². The number of carboxylic acid groups (broad SMARTS) is 1. The molecule has 0 saturated carbocycles. The first-order valence-electron chi connectivity index (χ1n) is 11.5. The van der Waals surface area contributed by atoms with Gasteiger partial charge >= 0.3 is 18.2 Å². The molecule has 7 nitrogen and oxygen atoms in total. The molecule has 2 atom stereocenters. The van der Waals surface area contributed by atoms with Crippen LogP contribution in [-0.2, 0) is 4.74 Å². The Morgan fingerprint density at radius 3 is 2.39 bits per heavy atom. The van der Waals surface area contributed by atoms with Crippen molar-refractivity contribution in [3.8, 4) is 5.75 Å². The van der Waals surface area contributed by atoms with Crippen molar-refractivity contribution in [3.05, 3.63) is 64.8 Å². The fraction of sp³-hybridized carbons (Fsp3) is 0.385. The average molecular weight is 505 g/mol. The van der Waals surface area contributed by atoms with Crippen LogP contribution in [0.4, 0.5) is 18.0 Å². The fourth-order valence-corrected chi connectivity index (χ4v) is 5.24. The van der Waals surface area contributed by atoms with Crippen molar-refractivity contribution >= 4 is 23.0 Å². The maximum absolute atomic E-state index is 14.9. The van der Waals surface area contributed by atoms with Crippen molar-refractivity contribution in [1.82, 2.24) is 9.47 Å². The maximum atomic E-state index is 14.9. The number of aromatic nitrogens is 1. The maximum Gasteiger partial charge on any atom is 0.416 e. The number of alkyl halides is 3. The van der Waals surface area contributed by atoms with Crippen LogP contribution in [-0.4, -0.2) is 53.6 Å². The highest BCUT2D eigenvalue weighted by molar-refractivity contribution is 5.95. The number of piperidine rings is 1. The number of aryl methyl sites for hydroxylation is 1. The Labute approximate surface area is 206 Å². The molecule has 2 aromatic carbocycles. The minimum Gasteiger partial charge on any atom is -0.496 e. The van der Waals surface area contributed by atoms with E-state index in [1.165, 1.54) is 37.4 Å². The van der Waals surface area contributed by atoms with Crippen molar-refractivity contribution in [2.75, 3.05) is 20.8 Å². The van der Waals surface area contributed by atoms with Gasteiger partial charge in [-0.05, 0) is 61.7 Å². The van der Waals surface area contributed by atoms with Crippen molar-refractivity contribution in [3.63, 3.8) is 0 Å². The van der Waals surface area contributed by atoms with Gasteiger partial charge in [0, 0.05) is 23.2 Å². The Hall–Kier alpha value is -3.53. The number of esters is 1. The molecule has 2 heterocycles. The highest BCUT2D eigenvalue weighted by atomic mass is 19.4. The predicted molar refractivity (Wildman–Crippen MR) is 127 cm³/mol. The van der Waals surface area contributed by atoms with Gasteiger partial charge in [0.1, 0.15) is 11.8 Å². The molecule has 0 aliphatic carbocycles. The number of carbonyl (C=O) groups is 2. The smallest absolute Gasteiger partial charge is 0.416 e. The first-order valence-corrected chi connectivity index (χ1v) is 11.5. The lowest BCUT2D eigenvalue weighted by Gasteiger charge is -2.42. The van der Waals surface area contributed by atoms with Gasteiger partial charge < -0.3 is 14.6 Å². The topological polar surface area (TPSA) is 81.0 Å². The van der Waals surface area contributed by atoms with Crippen LogP contribution in [0, 0.1) is 6.92 Å². The van der Waals surface area contributed by atoms with Gasteiger partial charge in [0.05, 0.1) is 25.3 Å². The number of benzene rings is 2. The summed E-state index contributed by atoms with van der Waals surface area (Å²) in [6, 6.07) is 6.67. The number of rotatable bonds is 5. The standard InChI is InChI=1S/C26H27F3N2O5/c1-15-14-20(35-2)21(18-11-13-31(22(15)18)25(33)34)23(26(27,28)29)30-12-5-4-6-19(30)16-7-9-17(10-8-16)24(32)36-3/h7-11,13-14,19,23H,4-6,12H2,1-3H3,(H,33,34)/t19-,23?/m0/s1. The van der Waals surface area contributed by atoms with Crippen LogP contribution < -0.4 is 4.74 Å². The zero-order valence-corrected chi connectivity index (χ0v) is 20.1. The van der Waals surface area contributed by atoms with Crippen molar-refractivity contribution in [2.45, 2.75) is 44.4 Å². The predicted octanol–water partition coefficient (Wildman–Crippen LogP) is 6.10. The highest BCUT2D eigenvalue weighted by Gasteiger charge is 2.49. The van der Waals surface area contributed by atoms with Crippen LogP contribution in [0.3, 0.4) is 0 Å². The number of hydrogen-bond acceptors (Lipinski definition) is 5. The van der Waals surface area contributed by atoms with Crippen molar-refractivity contribution in [1.29, 1.82) is 0 Å². The molecule has 4 rings (SSSR count). The van der Waals surface area contributed by atoms with Gasteiger partial charge in [0.25, 0.3) is 0 Å². The Kier molecular flexibility index (Phi) is 6.99. The van der Waals surface area contributed by atoms with Gasteiger partial charge in [-0.1, -0.05) is 18.6 Å². The summed E-state index contributed by atoms with van der Waals surface area (Å²) in [5.74, 6) is -0.472. The minimum atomic E-state index is -4.68.